The third-order valence-corrected chi connectivity index (χ3v) is 6.19. The molecule has 3 aromatic rings. The summed E-state index contributed by atoms with van der Waals surface area (Å²) in [7, 11) is 0. The highest BCUT2D eigenvalue weighted by molar-refractivity contribution is 7.99. The zero-order chi connectivity index (χ0) is 22.7. The topological polar surface area (TPSA) is 107 Å². The van der Waals surface area contributed by atoms with Crippen molar-refractivity contribution in [2.24, 2.45) is 0 Å². The summed E-state index contributed by atoms with van der Waals surface area (Å²) in [4.78, 5) is 45.6. The van der Waals surface area contributed by atoms with E-state index < -0.39 is 5.56 Å². The number of carbonyl (C=O) groups is 2. The molecule has 2 amide bonds. The number of aromatic amines is 1. The van der Waals surface area contributed by atoms with E-state index in [4.69, 9.17) is 0 Å². The van der Waals surface area contributed by atoms with Crippen molar-refractivity contribution in [3.05, 3.63) is 81.1 Å². The van der Waals surface area contributed by atoms with Crippen LogP contribution in [-0.4, -0.2) is 39.0 Å². The van der Waals surface area contributed by atoms with Gasteiger partial charge in [-0.1, -0.05) is 53.7 Å². The fourth-order valence-electron chi connectivity index (χ4n) is 3.53. The van der Waals surface area contributed by atoms with Crippen molar-refractivity contribution in [3.63, 3.8) is 0 Å². The summed E-state index contributed by atoms with van der Waals surface area (Å²) in [5.41, 5.74) is 2.58. The number of amides is 2. The molecule has 0 atom stereocenters. The Labute approximate surface area is 189 Å². The molecule has 0 spiro atoms. The van der Waals surface area contributed by atoms with Crippen LogP contribution in [0.3, 0.4) is 0 Å². The molecule has 1 aliphatic heterocycles. The second-order valence-electron chi connectivity index (χ2n) is 7.44. The highest BCUT2D eigenvalue weighted by Gasteiger charge is 2.34. The molecule has 0 saturated carbocycles. The van der Waals surface area contributed by atoms with Crippen molar-refractivity contribution in [1.82, 2.24) is 14.9 Å². The van der Waals surface area contributed by atoms with Gasteiger partial charge in [0.15, 0.2) is 5.16 Å². The largest absolute Gasteiger partial charge is 0.300 e. The molecule has 0 aliphatic carbocycles. The Morgan fingerprint density at radius 1 is 1.00 bits per heavy atom. The number of hydrogen-bond acceptors (Lipinski definition) is 6. The lowest BCUT2D eigenvalue weighted by Crippen LogP contribution is -2.30. The Hall–Kier alpha value is -3.70. The van der Waals surface area contributed by atoms with Crippen molar-refractivity contribution in [1.29, 1.82) is 5.26 Å². The summed E-state index contributed by atoms with van der Waals surface area (Å²) >= 11 is 1.37. The Balaban J connectivity index is 1.37. The molecule has 2 heterocycles. The van der Waals surface area contributed by atoms with E-state index >= 15 is 0 Å². The lowest BCUT2D eigenvalue weighted by molar-refractivity contribution is 0.0652. The minimum Gasteiger partial charge on any atom is -0.300 e. The van der Waals surface area contributed by atoms with E-state index in [1.54, 1.807) is 24.3 Å². The van der Waals surface area contributed by atoms with Gasteiger partial charge in [-0.25, -0.2) is 4.98 Å². The van der Waals surface area contributed by atoms with Crippen LogP contribution in [-0.2, 0) is 0 Å². The number of thioether (sulfide) groups is 1. The van der Waals surface area contributed by atoms with E-state index in [2.05, 4.69) is 9.97 Å². The van der Waals surface area contributed by atoms with Crippen LogP contribution in [0, 0.1) is 18.3 Å². The number of rotatable bonds is 7. The first-order valence-corrected chi connectivity index (χ1v) is 11.2. The van der Waals surface area contributed by atoms with Gasteiger partial charge < -0.3 is 4.98 Å². The van der Waals surface area contributed by atoms with Crippen molar-refractivity contribution in [2.45, 2.75) is 24.9 Å². The van der Waals surface area contributed by atoms with Gasteiger partial charge in [0, 0.05) is 17.9 Å². The maximum atomic E-state index is 12.4. The van der Waals surface area contributed by atoms with Crippen LogP contribution in [0.15, 0.2) is 58.5 Å². The Morgan fingerprint density at radius 3 is 2.28 bits per heavy atom. The second-order valence-corrected chi connectivity index (χ2v) is 8.52. The van der Waals surface area contributed by atoms with Crippen molar-refractivity contribution in [2.75, 3.05) is 12.3 Å². The number of H-pyrrole nitrogens is 1. The van der Waals surface area contributed by atoms with Crippen LogP contribution in [0.1, 0.15) is 44.7 Å². The van der Waals surface area contributed by atoms with Gasteiger partial charge in [0.05, 0.1) is 16.8 Å². The summed E-state index contributed by atoms with van der Waals surface area (Å²) < 4.78 is 0. The molecule has 0 radical (unpaired) electrons. The van der Waals surface area contributed by atoms with Gasteiger partial charge in [-0.05, 0) is 31.9 Å². The van der Waals surface area contributed by atoms with Gasteiger partial charge in [0.1, 0.15) is 11.6 Å². The number of nitrogens with one attached hydrogen (secondary N) is 1. The average molecular weight is 445 g/mol. The zero-order valence-corrected chi connectivity index (χ0v) is 18.2. The number of fused-ring (bicyclic) bond motifs is 1. The molecule has 1 aliphatic rings. The molecule has 2 aromatic carbocycles. The summed E-state index contributed by atoms with van der Waals surface area (Å²) in [6.45, 7) is 2.31. The minimum absolute atomic E-state index is 0.0103. The van der Waals surface area contributed by atoms with Crippen LogP contribution >= 0.6 is 11.8 Å². The first-order valence-electron chi connectivity index (χ1n) is 10.2. The van der Waals surface area contributed by atoms with Gasteiger partial charge in [-0.2, -0.15) is 5.26 Å². The maximum Gasteiger partial charge on any atom is 0.270 e. The fourth-order valence-corrected chi connectivity index (χ4v) is 4.39. The monoisotopic (exact) mass is 444 g/mol. The lowest BCUT2D eigenvalue weighted by Gasteiger charge is -2.13. The third kappa shape index (κ3) is 4.20. The van der Waals surface area contributed by atoms with Gasteiger partial charge in [-0.15, -0.1) is 0 Å². The summed E-state index contributed by atoms with van der Waals surface area (Å²) in [6, 6.07) is 16.3. The van der Waals surface area contributed by atoms with Crippen LogP contribution < -0.4 is 5.56 Å². The van der Waals surface area contributed by atoms with Crippen molar-refractivity contribution in [3.8, 4) is 17.3 Å². The van der Waals surface area contributed by atoms with Gasteiger partial charge in [0.25, 0.3) is 17.4 Å². The number of aromatic nitrogens is 2. The number of nitriles is 1. The number of nitrogens with zero attached hydrogens (tertiary/aromatic N) is 3. The Bertz CT molecular complexity index is 1260. The molecule has 7 nitrogen and oxygen atoms in total. The number of carbonyl (C=O) groups excluding carboxylic acids is 2. The highest BCUT2D eigenvalue weighted by atomic mass is 32.2. The minimum atomic E-state index is -0.466. The van der Waals surface area contributed by atoms with Gasteiger partial charge in [-0.3, -0.25) is 19.3 Å². The standard InChI is InChI=1S/C24H20N4O3S/c1-15-8-10-16(11-9-15)20-19(14-25)21(29)27-24(26-20)32-13-5-4-12-28-22(30)17-6-2-3-7-18(17)23(28)31/h2-3,6-11H,4-5,12-13H2,1H3,(H,26,27,29). The molecule has 0 unspecified atom stereocenters. The second kappa shape index (κ2) is 9.20. The molecular formula is C24H20N4O3S. The molecule has 0 saturated heterocycles. The molecular weight excluding hydrogens is 424 g/mol. The predicted octanol–water partition coefficient (Wildman–Crippen LogP) is 3.79. The van der Waals surface area contributed by atoms with Crippen LogP contribution in [0.4, 0.5) is 0 Å². The molecule has 1 N–H and O–H groups in total. The van der Waals surface area contributed by atoms with Crippen molar-refractivity contribution < 1.29 is 9.59 Å². The van der Waals surface area contributed by atoms with Gasteiger partial charge in [0.2, 0.25) is 0 Å². The van der Waals surface area contributed by atoms with Crippen molar-refractivity contribution >= 4 is 23.6 Å². The summed E-state index contributed by atoms with van der Waals surface area (Å²) in [5, 5.41) is 9.82. The Morgan fingerprint density at radius 2 is 1.66 bits per heavy atom. The SMILES string of the molecule is Cc1ccc(-c2nc(SCCCCN3C(=O)c4ccccc4C3=O)[nH]c(=O)c2C#N)cc1. The molecule has 4 rings (SSSR count). The van der Waals surface area contributed by atoms with E-state index in [0.717, 1.165) is 12.0 Å². The molecule has 0 bridgehead atoms. The predicted molar refractivity (Wildman–Crippen MR) is 122 cm³/mol. The number of unbranched alkanes of at least 4 members (excludes halogenated alkanes) is 1. The quantitative estimate of drug-likeness (QED) is 0.257. The normalized spacial score (nSPS) is 12.7. The van der Waals surface area contributed by atoms with E-state index in [1.807, 2.05) is 37.3 Å². The zero-order valence-electron chi connectivity index (χ0n) is 17.4. The first-order chi connectivity index (χ1) is 15.5. The number of imide groups is 1. The fraction of sp³-hybridized carbons (Fsp3) is 0.208. The number of hydrogen-bond donors (Lipinski definition) is 1. The molecule has 160 valence electrons. The van der Waals surface area contributed by atoms with E-state index in [9.17, 15) is 19.6 Å². The first kappa shape index (κ1) is 21.5. The molecule has 32 heavy (non-hydrogen) atoms. The van der Waals surface area contributed by atoms with Crippen LogP contribution in [0.25, 0.3) is 11.3 Å². The third-order valence-electron chi connectivity index (χ3n) is 5.23. The van der Waals surface area contributed by atoms with Crippen LogP contribution in [0.2, 0.25) is 0 Å². The van der Waals surface area contributed by atoms with Gasteiger partial charge >= 0.3 is 0 Å². The van der Waals surface area contributed by atoms with Crippen LogP contribution in [0.5, 0.6) is 0 Å². The Kier molecular flexibility index (Phi) is 6.19. The smallest absolute Gasteiger partial charge is 0.270 e. The van der Waals surface area contributed by atoms with E-state index in [-0.39, 0.29) is 17.4 Å². The summed E-state index contributed by atoms with van der Waals surface area (Å²) in [5.74, 6) is 0.142. The number of aryl methyl sites for hydroxylation is 1. The van der Waals surface area contributed by atoms with E-state index in [0.29, 0.717) is 46.3 Å². The lowest BCUT2D eigenvalue weighted by atomic mass is 10.1. The maximum absolute atomic E-state index is 12.4. The molecule has 8 heteroatoms. The van der Waals surface area contributed by atoms with E-state index in [1.165, 1.54) is 16.7 Å². The highest BCUT2D eigenvalue weighted by Crippen LogP contribution is 2.24. The molecule has 1 aromatic heterocycles. The summed E-state index contributed by atoms with van der Waals surface area (Å²) in [6.07, 6.45) is 1.37. The number of benzene rings is 2. The molecule has 0 fully saturated rings. The average Bonchev–Trinajstić information content (AvgIpc) is 3.04.